The van der Waals surface area contributed by atoms with E-state index in [9.17, 15) is 176 Å². The van der Waals surface area contributed by atoms with Gasteiger partial charge in [-0.05, 0) is 6.42 Å². The Kier molecular flexibility index (Phi) is 19.8. The molecule has 0 heterocycles. The van der Waals surface area contributed by atoms with Crippen molar-refractivity contribution in [3.05, 3.63) is 0 Å². The summed E-state index contributed by atoms with van der Waals surface area (Å²) in [6.45, 7) is 0. The maximum atomic E-state index is 14.1. The van der Waals surface area contributed by atoms with Gasteiger partial charge in [-0.15, -0.1) is 0 Å². The molecule has 0 spiro atoms. The Morgan fingerprint density at radius 3 is 0.765 bits per heavy atom. The van der Waals surface area contributed by atoms with Crippen molar-refractivity contribution in [2.45, 2.75) is 113 Å². The number of carbonyl (C=O) groups excluding carboxylic acids is 2. The van der Waals surface area contributed by atoms with E-state index in [0.29, 0.717) is 0 Å². The Hall–Kier alpha value is -1.58. The Balaban J connectivity index is -0.0000211. The second kappa shape index (κ2) is 19.0. The third-order valence-corrected chi connectivity index (χ3v) is 9.93. The molecule has 0 aliphatic rings. The van der Waals surface area contributed by atoms with Crippen molar-refractivity contribution in [3.8, 4) is 0 Å². The fourth-order valence-electron chi connectivity index (χ4n) is 3.44. The molecule has 2 N–H and O–H groups in total. The van der Waals surface area contributed by atoms with Crippen LogP contribution in [0.4, 0.5) is 149 Å². The molecule has 398 valence electrons. The summed E-state index contributed by atoms with van der Waals surface area (Å²) in [5, 5.41) is -17.2. The van der Waals surface area contributed by atoms with Crippen LogP contribution in [0.3, 0.4) is 0 Å². The summed E-state index contributed by atoms with van der Waals surface area (Å²) in [5.74, 6) is -117. The van der Waals surface area contributed by atoms with Gasteiger partial charge in [0.1, 0.15) is 6.04 Å². The third kappa shape index (κ3) is 9.94. The van der Waals surface area contributed by atoms with E-state index < -0.39 is 145 Å². The number of hydrogen-bond donors (Lipinski definition) is 1. The van der Waals surface area contributed by atoms with Crippen molar-refractivity contribution in [1.29, 1.82) is 0 Å². The number of halogens is 34. The van der Waals surface area contributed by atoms with Crippen LogP contribution >= 0.6 is 0 Å². The van der Waals surface area contributed by atoms with Gasteiger partial charge >= 0.3 is 185 Å². The zero-order valence-electron chi connectivity index (χ0n) is 28.5. The zero-order chi connectivity index (χ0) is 54.6. The molecular weight excluding hydrogens is 1150 g/mol. The van der Waals surface area contributed by atoms with Gasteiger partial charge in [0.05, 0.1) is 0 Å². The molecule has 0 aromatic rings. The van der Waals surface area contributed by atoms with Gasteiger partial charge < -0.3 is 14.1 Å². The van der Waals surface area contributed by atoms with E-state index in [-0.39, 0.29) is 59.1 Å². The van der Waals surface area contributed by atoms with E-state index in [2.05, 4.69) is 14.1 Å². The Morgan fingerprint density at radius 2 is 0.544 bits per heavy atom. The second-order valence-electron chi connectivity index (χ2n) is 11.8. The fourth-order valence-corrected chi connectivity index (χ4v) is 5.20. The van der Waals surface area contributed by atoms with Crippen LogP contribution in [0.2, 0.25) is 0 Å². The van der Waals surface area contributed by atoms with Crippen LogP contribution < -0.4 is 5.73 Å². The molecule has 68 heavy (non-hydrogen) atoms. The molecule has 0 saturated heterocycles. The Labute approximate surface area is 392 Å². The van der Waals surface area contributed by atoms with Gasteiger partial charge in [0, 0.05) is 6.42 Å². The first-order chi connectivity index (χ1) is 27.9. The summed E-state index contributed by atoms with van der Waals surface area (Å²) in [4.78, 5) is 23.1. The van der Waals surface area contributed by atoms with Gasteiger partial charge in [-0.1, -0.05) is 0 Å². The van der Waals surface area contributed by atoms with Gasteiger partial charge in [-0.3, -0.25) is 4.79 Å². The first-order valence-electron chi connectivity index (χ1n) is 14.0. The van der Waals surface area contributed by atoms with Crippen molar-refractivity contribution in [1.82, 2.24) is 0 Å². The van der Waals surface area contributed by atoms with E-state index in [0.717, 1.165) is 0 Å². The third-order valence-electron chi connectivity index (χ3n) is 7.37. The Morgan fingerprint density at radius 1 is 0.353 bits per heavy atom. The fraction of sp³-hybridized carbons (Fsp3) is 0.905. The van der Waals surface area contributed by atoms with Crippen LogP contribution in [0.25, 0.3) is 0 Å². The number of nitrogens with two attached hydrogens (primary N) is 1. The SMILES string of the molecule is N[C@@H](CCC(=O)OS(=O)(=O)C(F)(F)C(F)(F)C(F)(F)C(F)(F)C(F)(F)C(F)(F)C(F)(F)C(F)(F)F)C(=O)OS(=O)(=O)C(F)(F)C(F)(F)C(F)(F)C(F)(F)C(F)(F)C(F)(F)C(F)(F)C(F)(F)F.[NaH].[NaH]. The van der Waals surface area contributed by atoms with Crippen molar-refractivity contribution in [3.63, 3.8) is 0 Å². The molecule has 0 aliphatic heterocycles. The summed E-state index contributed by atoms with van der Waals surface area (Å²) in [6, 6.07) is -3.72. The first kappa shape index (κ1) is 70.7. The van der Waals surface area contributed by atoms with E-state index >= 15 is 0 Å². The summed E-state index contributed by atoms with van der Waals surface area (Å²) in [6.07, 6.45) is -21.7. The van der Waals surface area contributed by atoms with Crippen LogP contribution in [0.15, 0.2) is 0 Å². The second-order valence-corrected chi connectivity index (χ2v) is 15.0. The van der Waals surface area contributed by atoms with Crippen LogP contribution in [0.5, 0.6) is 0 Å². The molecule has 0 radical (unpaired) electrons. The predicted octanol–water partition coefficient (Wildman–Crippen LogP) is 7.48. The van der Waals surface area contributed by atoms with E-state index in [1.807, 2.05) is 0 Å². The molecule has 0 fully saturated rings. The molecule has 0 aliphatic carbocycles. The zero-order valence-corrected chi connectivity index (χ0v) is 30.1. The van der Waals surface area contributed by atoms with E-state index in [1.54, 1.807) is 0 Å². The summed E-state index contributed by atoms with van der Waals surface area (Å²) in [5.41, 5.74) is 4.47. The molecule has 0 aromatic carbocycles. The summed E-state index contributed by atoms with van der Waals surface area (Å²) in [7, 11) is -17.6. The molecule has 47 heteroatoms. The van der Waals surface area contributed by atoms with Gasteiger partial charge in [0.25, 0.3) is 0 Å². The average molecular weight is 1160 g/mol. The number of hydrogen-bond acceptors (Lipinski definition) is 9. The normalized spacial score (nSPS) is 16.3. The van der Waals surface area contributed by atoms with E-state index in [4.69, 9.17) is 0 Å². The molecule has 0 aromatic heterocycles. The van der Waals surface area contributed by atoms with Crippen LogP contribution in [-0.4, -0.2) is 188 Å². The van der Waals surface area contributed by atoms with Gasteiger partial charge in [-0.2, -0.15) is 166 Å². The standard InChI is InChI=1S/C21H7F34NO8S2.2Na.2H/c22-6(23,10(30,31)14(38,39)18(46,47)48)8(26,27)12(34,35)16(42,43)20(52,53)65(59,60)63-4(57)2-1-3(56)5(58)64-66(61,62)21(54,55)17(44,45)13(36,37)9(28,29)7(24,25)11(32,33)15(40,41)19(49,50)51;;;;/h3H,1-2,56H2;;;;/t3-;;;;/m0..../s1. The van der Waals surface area contributed by atoms with Crippen LogP contribution in [-0.2, 0) is 38.2 Å². The van der Waals surface area contributed by atoms with Crippen molar-refractivity contribution in [2.75, 3.05) is 0 Å². The minimum atomic E-state index is -9.42. The maximum absolute atomic E-state index is 14.1. The van der Waals surface area contributed by atoms with Crippen molar-refractivity contribution < 1.29 is 184 Å². The number of carbonyl (C=O) groups is 2. The predicted molar refractivity (Wildman–Crippen MR) is 143 cm³/mol. The molecular formula is C21H9F34NNa2O8S2. The topological polar surface area (TPSA) is 147 Å². The van der Waals surface area contributed by atoms with Gasteiger partial charge in [0.15, 0.2) is 0 Å². The quantitative estimate of drug-likeness (QED) is 0.0745. The summed E-state index contributed by atoms with van der Waals surface area (Å²) < 4.78 is 504. The average Bonchev–Trinajstić information content (AvgIpc) is 3.07. The van der Waals surface area contributed by atoms with E-state index in [1.165, 1.54) is 0 Å². The molecule has 0 amide bonds. The number of alkyl halides is 34. The molecule has 0 unspecified atom stereocenters. The molecule has 0 rings (SSSR count). The molecule has 1 atom stereocenters. The van der Waals surface area contributed by atoms with Crippen LogP contribution in [0, 0.1) is 0 Å². The molecule has 0 saturated carbocycles. The minimum absolute atomic E-state index is 0. The first-order valence-corrected chi connectivity index (χ1v) is 16.9. The van der Waals surface area contributed by atoms with Crippen LogP contribution in [0.1, 0.15) is 12.8 Å². The monoisotopic (exact) mass is 1160 g/mol. The molecule has 0 bridgehead atoms. The molecule has 9 nitrogen and oxygen atoms in total. The van der Waals surface area contributed by atoms with Gasteiger partial charge in [-0.25, -0.2) is 4.79 Å². The Bertz CT molecular complexity index is 2070. The van der Waals surface area contributed by atoms with Gasteiger partial charge in [0.2, 0.25) is 0 Å². The van der Waals surface area contributed by atoms with Crippen molar-refractivity contribution >= 4 is 91.3 Å². The summed E-state index contributed by atoms with van der Waals surface area (Å²) >= 11 is 0. The number of rotatable bonds is 20. The van der Waals surface area contributed by atoms with Crippen molar-refractivity contribution in [2.24, 2.45) is 5.73 Å².